The highest BCUT2D eigenvalue weighted by Gasteiger charge is 2.28. The van der Waals surface area contributed by atoms with Crippen molar-refractivity contribution in [3.8, 4) is 0 Å². The normalized spacial score (nSPS) is 21.4. The van der Waals surface area contributed by atoms with Crippen LogP contribution in [0.15, 0.2) is 0 Å². The van der Waals surface area contributed by atoms with Gasteiger partial charge in [-0.1, -0.05) is 0 Å². The molecule has 2 fully saturated rings. The average Bonchev–Trinajstić information content (AvgIpc) is 3.19. The summed E-state index contributed by atoms with van der Waals surface area (Å²) in [5.41, 5.74) is 0. The molecule has 1 saturated carbocycles. The van der Waals surface area contributed by atoms with Gasteiger partial charge in [-0.3, -0.25) is 9.69 Å². The largest absolute Gasteiger partial charge is 0.379 e. The number of amides is 1. The van der Waals surface area contributed by atoms with Crippen molar-refractivity contribution in [2.45, 2.75) is 12.8 Å². The van der Waals surface area contributed by atoms with Crippen molar-refractivity contribution < 1.29 is 9.53 Å². The molecule has 1 aliphatic carbocycles. The second-order valence-corrected chi connectivity index (χ2v) is 4.77. The minimum absolute atomic E-state index is 0.236. The number of carbonyl (C=O) groups is 1. The molecule has 0 radical (unpaired) electrons. The molecule has 0 bridgehead atoms. The van der Waals surface area contributed by atoms with Gasteiger partial charge in [-0.05, 0) is 12.8 Å². The molecule has 1 heterocycles. The molecule has 5 heteroatoms. The van der Waals surface area contributed by atoms with E-state index in [1.54, 1.807) is 0 Å². The van der Waals surface area contributed by atoms with E-state index in [1.165, 1.54) is 0 Å². The molecule has 0 aromatic heterocycles. The van der Waals surface area contributed by atoms with Gasteiger partial charge in [0.1, 0.15) is 0 Å². The molecular formula is C12H23N3O2. The van der Waals surface area contributed by atoms with Crippen LogP contribution in [0.25, 0.3) is 0 Å². The number of hydrogen-bond acceptors (Lipinski definition) is 4. The van der Waals surface area contributed by atoms with Crippen LogP contribution in [0.4, 0.5) is 0 Å². The van der Waals surface area contributed by atoms with E-state index in [4.69, 9.17) is 4.74 Å². The van der Waals surface area contributed by atoms with E-state index in [2.05, 4.69) is 15.5 Å². The Bertz CT molecular complexity index is 238. The number of nitrogens with zero attached hydrogens (tertiary/aromatic N) is 1. The van der Waals surface area contributed by atoms with E-state index in [-0.39, 0.29) is 5.91 Å². The van der Waals surface area contributed by atoms with Crippen LogP contribution in [0.2, 0.25) is 0 Å². The number of rotatable bonds is 7. The predicted molar refractivity (Wildman–Crippen MR) is 65.9 cm³/mol. The average molecular weight is 241 g/mol. The summed E-state index contributed by atoms with van der Waals surface area (Å²) in [7, 11) is 0. The third-order valence-electron chi connectivity index (χ3n) is 3.26. The maximum absolute atomic E-state index is 11.3. The minimum atomic E-state index is 0.236. The second-order valence-electron chi connectivity index (χ2n) is 4.77. The Morgan fingerprint density at radius 3 is 2.65 bits per heavy atom. The van der Waals surface area contributed by atoms with Gasteiger partial charge in [0.25, 0.3) is 0 Å². The van der Waals surface area contributed by atoms with Crippen LogP contribution in [-0.4, -0.2) is 63.3 Å². The lowest BCUT2D eigenvalue weighted by Crippen LogP contribution is -2.41. The summed E-state index contributed by atoms with van der Waals surface area (Å²) in [6.45, 7) is 7.47. The number of morpholine rings is 1. The summed E-state index contributed by atoms with van der Waals surface area (Å²) in [5, 5.41) is 6.30. The van der Waals surface area contributed by atoms with E-state index in [0.29, 0.717) is 5.92 Å². The SMILES string of the molecule is O=C(NCCNCCN1CCOCC1)C1CC1. The molecule has 5 nitrogen and oxygen atoms in total. The van der Waals surface area contributed by atoms with E-state index in [0.717, 1.165) is 65.3 Å². The Morgan fingerprint density at radius 2 is 1.94 bits per heavy atom. The van der Waals surface area contributed by atoms with Gasteiger partial charge in [0, 0.05) is 45.2 Å². The third kappa shape index (κ3) is 5.02. The molecular weight excluding hydrogens is 218 g/mol. The van der Waals surface area contributed by atoms with Crippen molar-refractivity contribution in [3.63, 3.8) is 0 Å². The van der Waals surface area contributed by atoms with Crippen molar-refractivity contribution >= 4 is 5.91 Å². The lowest BCUT2D eigenvalue weighted by atomic mass is 10.4. The summed E-state index contributed by atoms with van der Waals surface area (Å²) in [6, 6.07) is 0. The van der Waals surface area contributed by atoms with Gasteiger partial charge in [-0.2, -0.15) is 0 Å². The number of carbonyl (C=O) groups excluding carboxylic acids is 1. The fraction of sp³-hybridized carbons (Fsp3) is 0.917. The number of ether oxygens (including phenoxy) is 1. The molecule has 2 aliphatic rings. The zero-order chi connectivity index (χ0) is 11.9. The molecule has 0 aromatic carbocycles. The zero-order valence-corrected chi connectivity index (χ0v) is 10.4. The summed E-state index contributed by atoms with van der Waals surface area (Å²) in [6.07, 6.45) is 2.16. The lowest BCUT2D eigenvalue weighted by molar-refractivity contribution is -0.122. The fourth-order valence-corrected chi connectivity index (χ4v) is 1.95. The van der Waals surface area contributed by atoms with Gasteiger partial charge >= 0.3 is 0 Å². The third-order valence-corrected chi connectivity index (χ3v) is 3.26. The van der Waals surface area contributed by atoms with Crippen LogP contribution in [0, 0.1) is 5.92 Å². The van der Waals surface area contributed by atoms with E-state index in [9.17, 15) is 4.79 Å². The smallest absolute Gasteiger partial charge is 0.223 e. The molecule has 0 spiro atoms. The van der Waals surface area contributed by atoms with Gasteiger partial charge in [0.15, 0.2) is 0 Å². The molecule has 1 saturated heterocycles. The van der Waals surface area contributed by atoms with Crippen LogP contribution in [0.3, 0.4) is 0 Å². The summed E-state index contributed by atoms with van der Waals surface area (Å²) in [4.78, 5) is 13.7. The van der Waals surface area contributed by atoms with Crippen molar-refractivity contribution in [2.75, 3.05) is 52.5 Å². The first kappa shape index (κ1) is 12.8. The van der Waals surface area contributed by atoms with E-state index < -0.39 is 0 Å². The molecule has 2 rings (SSSR count). The first-order valence-corrected chi connectivity index (χ1v) is 6.65. The number of nitrogens with one attached hydrogen (secondary N) is 2. The first-order chi connectivity index (χ1) is 8.36. The van der Waals surface area contributed by atoms with Crippen LogP contribution in [0.1, 0.15) is 12.8 Å². The maximum atomic E-state index is 11.3. The Hall–Kier alpha value is -0.650. The van der Waals surface area contributed by atoms with Crippen molar-refractivity contribution in [1.29, 1.82) is 0 Å². The first-order valence-electron chi connectivity index (χ1n) is 6.65. The molecule has 17 heavy (non-hydrogen) atoms. The Labute approximate surface area is 103 Å². The molecule has 0 atom stereocenters. The van der Waals surface area contributed by atoms with Crippen molar-refractivity contribution in [1.82, 2.24) is 15.5 Å². The van der Waals surface area contributed by atoms with Gasteiger partial charge in [0.05, 0.1) is 13.2 Å². The van der Waals surface area contributed by atoms with Crippen LogP contribution >= 0.6 is 0 Å². The Kier molecular flexibility index (Phi) is 5.22. The van der Waals surface area contributed by atoms with Crippen LogP contribution in [0.5, 0.6) is 0 Å². The van der Waals surface area contributed by atoms with Gasteiger partial charge < -0.3 is 15.4 Å². The molecule has 0 unspecified atom stereocenters. The zero-order valence-electron chi connectivity index (χ0n) is 10.4. The van der Waals surface area contributed by atoms with E-state index in [1.807, 2.05) is 0 Å². The molecule has 1 aliphatic heterocycles. The van der Waals surface area contributed by atoms with Gasteiger partial charge in [-0.25, -0.2) is 0 Å². The van der Waals surface area contributed by atoms with Gasteiger partial charge in [-0.15, -0.1) is 0 Å². The van der Waals surface area contributed by atoms with E-state index >= 15 is 0 Å². The Morgan fingerprint density at radius 1 is 1.18 bits per heavy atom. The number of hydrogen-bond donors (Lipinski definition) is 2. The highest BCUT2D eigenvalue weighted by Crippen LogP contribution is 2.28. The fourth-order valence-electron chi connectivity index (χ4n) is 1.95. The summed E-state index contributed by atoms with van der Waals surface area (Å²) in [5.74, 6) is 0.559. The minimum Gasteiger partial charge on any atom is -0.379 e. The highest BCUT2D eigenvalue weighted by molar-refractivity contribution is 5.80. The lowest BCUT2D eigenvalue weighted by Gasteiger charge is -2.26. The monoisotopic (exact) mass is 241 g/mol. The van der Waals surface area contributed by atoms with Crippen LogP contribution in [-0.2, 0) is 9.53 Å². The second kappa shape index (κ2) is 6.93. The topological polar surface area (TPSA) is 53.6 Å². The van der Waals surface area contributed by atoms with Crippen molar-refractivity contribution in [2.24, 2.45) is 5.92 Å². The summed E-state index contributed by atoms with van der Waals surface area (Å²) < 4.78 is 5.29. The standard InChI is InChI=1S/C12H23N3O2/c16-12(11-1-2-11)14-4-3-13-5-6-15-7-9-17-10-8-15/h11,13H,1-10H2,(H,14,16). The molecule has 2 N–H and O–H groups in total. The van der Waals surface area contributed by atoms with Gasteiger partial charge in [0.2, 0.25) is 5.91 Å². The highest BCUT2D eigenvalue weighted by atomic mass is 16.5. The van der Waals surface area contributed by atoms with Crippen molar-refractivity contribution in [3.05, 3.63) is 0 Å². The molecule has 1 amide bonds. The Balaban J connectivity index is 1.39. The predicted octanol–water partition coefficient (Wildman–Crippen LogP) is -0.566. The summed E-state index contributed by atoms with van der Waals surface area (Å²) >= 11 is 0. The molecule has 0 aromatic rings. The van der Waals surface area contributed by atoms with Crippen LogP contribution < -0.4 is 10.6 Å². The maximum Gasteiger partial charge on any atom is 0.223 e. The quantitative estimate of drug-likeness (QED) is 0.586. The molecule has 98 valence electrons.